The average molecular weight is 254 g/mol. The summed E-state index contributed by atoms with van der Waals surface area (Å²) in [4.78, 5) is 5.61. The lowest BCUT2D eigenvalue weighted by Gasteiger charge is -2.16. The summed E-state index contributed by atoms with van der Waals surface area (Å²) < 4.78 is 5.91. The maximum Gasteiger partial charge on any atom is 0.0797 e. The Kier molecular flexibility index (Phi) is 4.95. The molecule has 0 saturated heterocycles. The number of hydrogen-bond donors (Lipinski definition) is 1. The van der Waals surface area contributed by atoms with Crippen molar-refractivity contribution >= 4 is 11.3 Å². The van der Waals surface area contributed by atoms with Crippen LogP contribution in [0.1, 0.15) is 36.8 Å². The lowest BCUT2D eigenvalue weighted by atomic mass is 10.2. The molecule has 1 aliphatic carbocycles. The fraction of sp³-hybridized carbons (Fsp3) is 0.769. The van der Waals surface area contributed by atoms with Crippen LogP contribution in [0.4, 0.5) is 0 Å². The number of hydrogen-bond acceptors (Lipinski definition) is 4. The molecule has 0 aliphatic heterocycles. The fourth-order valence-electron chi connectivity index (χ4n) is 1.79. The number of aryl methyl sites for hydroxylation is 1. The molecule has 0 amide bonds. The number of aromatic nitrogens is 1. The van der Waals surface area contributed by atoms with Crippen LogP contribution in [0.15, 0.2) is 5.51 Å². The van der Waals surface area contributed by atoms with Crippen molar-refractivity contribution in [1.29, 1.82) is 0 Å². The van der Waals surface area contributed by atoms with Gasteiger partial charge in [0.15, 0.2) is 0 Å². The van der Waals surface area contributed by atoms with Crippen LogP contribution in [0.25, 0.3) is 0 Å². The van der Waals surface area contributed by atoms with E-state index in [0.717, 1.165) is 37.7 Å². The van der Waals surface area contributed by atoms with Crippen molar-refractivity contribution in [2.24, 2.45) is 0 Å². The Balaban J connectivity index is 1.63. The first-order chi connectivity index (χ1) is 8.29. The maximum absolute atomic E-state index is 5.91. The molecule has 0 aromatic carbocycles. The molecule has 2 rings (SSSR count). The number of nitrogens with zero attached hydrogens (tertiary/aromatic N) is 1. The van der Waals surface area contributed by atoms with Crippen molar-refractivity contribution < 1.29 is 4.74 Å². The molecule has 0 bridgehead atoms. The van der Waals surface area contributed by atoms with Crippen LogP contribution in [-0.2, 0) is 11.2 Å². The van der Waals surface area contributed by atoms with E-state index < -0.39 is 0 Å². The summed E-state index contributed by atoms with van der Waals surface area (Å²) in [7, 11) is 0. The summed E-state index contributed by atoms with van der Waals surface area (Å²) in [6.45, 7) is 6.08. The molecule has 1 N–H and O–H groups in total. The van der Waals surface area contributed by atoms with Crippen LogP contribution < -0.4 is 5.32 Å². The molecule has 96 valence electrons. The Labute approximate surface area is 108 Å². The van der Waals surface area contributed by atoms with Gasteiger partial charge in [-0.05, 0) is 26.2 Å². The second-order valence-corrected chi connectivity index (χ2v) is 5.63. The molecule has 0 spiro atoms. The van der Waals surface area contributed by atoms with Gasteiger partial charge in [-0.1, -0.05) is 6.92 Å². The zero-order valence-electron chi connectivity index (χ0n) is 10.7. The molecule has 17 heavy (non-hydrogen) atoms. The Morgan fingerprint density at radius 3 is 3.00 bits per heavy atom. The van der Waals surface area contributed by atoms with Gasteiger partial charge in [0.2, 0.25) is 0 Å². The first kappa shape index (κ1) is 13.0. The van der Waals surface area contributed by atoms with Crippen LogP contribution in [-0.4, -0.2) is 30.3 Å². The van der Waals surface area contributed by atoms with Gasteiger partial charge in [-0.15, -0.1) is 11.3 Å². The first-order valence-electron chi connectivity index (χ1n) is 6.53. The van der Waals surface area contributed by atoms with Gasteiger partial charge in [0.25, 0.3) is 0 Å². The van der Waals surface area contributed by atoms with Gasteiger partial charge in [-0.25, -0.2) is 4.98 Å². The molecule has 1 aliphatic rings. The van der Waals surface area contributed by atoms with Gasteiger partial charge in [0.05, 0.1) is 23.9 Å². The highest BCUT2D eigenvalue weighted by Gasteiger charge is 2.21. The monoisotopic (exact) mass is 254 g/mol. The van der Waals surface area contributed by atoms with Crippen LogP contribution in [0, 0.1) is 6.92 Å². The van der Waals surface area contributed by atoms with E-state index in [-0.39, 0.29) is 0 Å². The van der Waals surface area contributed by atoms with Crippen LogP contribution in [0.3, 0.4) is 0 Å². The number of rotatable bonds is 8. The maximum atomic E-state index is 5.91. The Morgan fingerprint density at radius 1 is 1.59 bits per heavy atom. The first-order valence-corrected chi connectivity index (χ1v) is 7.41. The van der Waals surface area contributed by atoms with Crippen molar-refractivity contribution in [3.63, 3.8) is 0 Å². The Morgan fingerprint density at radius 2 is 2.41 bits per heavy atom. The van der Waals surface area contributed by atoms with Gasteiger partial charge >= 0.3 is 0 Å². The van der Waals surface area contributed by atoms with Crippen molar-refractivity contribution in [3.8, 4) is 0 Å². The zero-order valence-corrected chi connectivity index (χ0v) is 11.6. The van der Waals surface area contributed by atoms with Crippen molar-refractivity contribution in [3.05, 3.63) is 16.1 Å². The van der Waals surface area contributed by atoms with E-state index in [2.05, 4.69) is 24.1 Å². The van der Waals surface area contributed by atoms with E-state index in [9.17, 15) is 0 Å². The standard InChI is InChI=1S/C13H22N2OS/c1-3-12(8-14-11-4-5-11)16-7-6-13-10(2)15-9-17-13/h9,11-12,14H,3-8H2,1-2H3. The highest BCUT2D eigenvalue weighted by molar-refractivity contribution is 7.09. The molecular weight excluding hydrogens is 232 g/mol. The molecule has 1 saturated carbocycles. The van der Waals surface area contributed by atoms with Gasteiger partial charge in [0, 0.05) is 23.9 Å². The number of thiazole rings is 1. The molecular formula is C13H22N2OS. The Bertz CT molecular complexity index is 336. The normalized spacial score (nSPS) is 17.3. The van der Waals surface area contributed by atoms with Gasteiger partial charge in [-0.3, -0.25) is 0 Å². The third-order valence-electron chi connectivity index (χ3n) is 3.19. The van der Waals surface area contributed by atoms with Crippen LogP contribution >= 0.6 is 11.3 Å². The summed E-state index contributed by atoms with van der Waals surface area (Å²) in [5.74, 6) is 0. The molecule has 1 atom stereocenters. The van der Waals surface area contributed by atoms with E-state index in [1.54, 1.807) is 11.3 Å². The largest absolute Gasteiger partial charge is 0.377 e. The third-order valence-corrected chi connectivity index (χ3v) is 4.19. The molecule has 1 aromatic rings. The smallest absolute Gasteiger partial charge is 0.0797 e. The topological polar surface area (TPSA) is 34.1 Å². The van der Waals surface area contributed by atoms with Gasteiger partial charge < -0.3 is 10.1 Å². The molecule has 1 aromatic heterocycles. The van der Waals surface area contributed by atoms with E-state index in [1.165, 1.54) is 17.7 Å². The SMILES string of the molecule is CCC(CNC1CC1)OCCc1scnc1C. The highest BCUT2D eigenvalue weighted by Crippen LogP contribution is 2.19. The summed E-state index contributed by atoms with van der Waals surface area (Å²) in [5, 5.41) is 3.53. The summed E-state index contributed by atoms with van der Waals surface area (Å²) >= 11 is 1.73. The molecule has 1 heterocycles. The average Bonchev–Trinajstić information content (AvgIpc) is 3.07. The summed E-state index contributed by atoms with van der Waals surface area (Å²) in [5.41, 5.74) is 3.07. The predicted octanol–water partition coefficient (Wildman–Crippen LogP) is 2.54. The quantitative estimate of drug-likeness (QED) is 0.774. The minimum absolute atomic E-state index is 0.365. The zero-order chi connectivity index (χ0) is 12.1. The Hall–Kier alpha value is -0.450. The van der Waals surface area contributed by atoms with E-state index in [1.807, 2.05) is 5.51 Å². The number of ether oxygens (including phenoxy) is 1. The predicted molar refractivity (Wildman–Crippen MR) is 71.6 cm³/mol. The van der Waals surface area contributed by atoms with Crippen LogP contribution in [0.5, 0.6) is 0 Å². The second kappa shape index (κ2) is 6.47. The minimum Gasteiger partial charge on any atom is -0.377 e. The van der Waals surface area contributed by atoms with E-state index in [0.29, 0.717) is 6.10 Å². The third kappa shape index (κ3) is 4.37. The lowest BCUT2D eigenvalue weighted by Crippen LogP contribution is -2.30. The van der Waals surface area contributed by atoms with Crippen molar-refractivity contribution in [2.75, 3.05) is 13.2 Å². The molecule has 1 unspecified atom stereocenters. The minimum atomic E-state index is 0.365. The number of nitrogens with one attached hydrogen (secondary N) is 1. The van der Waals surface area contributed by atoms with Gasteiger partial charge in [0.1, 0.15) is 0 Å². The molecule has 4 heteroatoms. The highest BCUT2D eigenvalue weighted by atomic mass is 32.1. The van der Waals surface area contributed by atoms with Gasteiger partial charge in [-0.2, -0.15) is 0 Å². The summed E-state index contributed by atoms with van der Waals surface area (Å²) in [6.07, 6.45) is 5.13. The summed E-state index contributed by atoms with van der Waals surface area (Å²) in [6, 6.07) is 0.774. The van der Waals surface area contributed by atoms with Crippen LogP contribution in [0.2, 0.25) is 0 Å². The van der Waals surface area contributed by atoms with Crippen molar-refractivity contribution in [2.45, 2.75) is 51.7 Å². The fourth-order valence-corrected chi connectivity index (χ4v) is 2.55. The molecule has 0 radical (unpaired) electrons. The van der Waals surface area contributed by atoms with E-state index >= 15 is 0 Å². The van der Waals surface area contributed by atoms with Crippen molar-refractivity contribution in [1.82, 2.24) is 10.3 Å². The second-order valence-electron chi connectivity index (χ2n) is 4.69. The molecule has 3 nitrogen and oxygen atoms in total. The molecule has 1 fully saturated rings. The van der Waals surface area contributed by atoms with E-state index in [4.69, 9.17) is 4.74 Å². The lowest BCUT2D eigenvalue weighted by molar-refractivity contribution is 0.0528.